The molecule has 0 spiro atoms. The van der Waals surface area contributed by atoms with E-state index in [1.54, 1.807) is 23.9 Å². The molecule has 0 heterocycles. The summed E-state index contributed by atoms with van der Waals surface area (Å²) in [4.78, 5) is 47.9. The minimum atomic E-state index is -0.871. The maximum absolute atomic E-state index is 11.8. The summed E-state index contributed by atoms with van der Waals surface area (Å²) in [6.07, 6.45) is 7.50. The lowest BCUT2D eigenvalue weighted by Gasteiger charge is -2.17. The first kappa shape index (κ1) is 25.9. The van der Waals surface area contributed by atoms with Gasteiger partial charge in [0.05, 0.1) is 0 Å². The number of rotatable bonds is 17. The van der Waals surface area contributed by atoms with Crippen molar-refractivity contribution < 1.29 is 29.4 Å². The van der Waals surface area contributed by atoms with Crippen LogP contribution in [0.4, 0.5) is 0 Å². The highest BCUT2D eigenvalue weighted by Gasteiger charge is 2.10. The molecule has 162 valence electrons. The van der Waals surface area contributed by atoms with Gasteiger partial charge in [-0.05, 0) is 25.7 Å². The number of carboxylic acids is 2. The third kappa shape index (κ3) is 15.0. The van der Waals surface area contributed by atoms with Crippen molar-refractivity contribution in [1.82, 2.24) is 9.80 Å². The van der Waals surface area contributed by atoms with E-state index in [1.807, 2.05) is 0 Å². The van der Waals surface area contributed by atoms with Crippen molar-refractivity contribution >= 4 is 23.8 Å². The van der Waals surface area contributed by atoms with E-state index in [9.17, 15) is 19.2 Å². The molecule has 8 nitrogen and oxygen atoms in total. The molecule has 2 N–H and O–H groups in total. The minimum Gasteiger partial charge on any atom is -0.481 e. The van der Waals surface area contributed by atoms with Gasteiger partial charge in [-0.25, -0.2) is 0 Å². The maximum Gasteiger partial charge on any atom is 0.303 e. The van der Waals surface area contributed by atoms with Crippen LogP contribution >= 0.6 is 0 Å². The molecule has 0 fully saturated rings. The molecule has 0 aromatic carbocycles. The van der Waals surface area contributed by atoms with E-state index in [0.29, 0.717) is 25.9 Å². The smallest absolute Gasteiger partial charge is 0.303 e. The van der Waals surface area contributed by atoms with Gasteiger partial charge in [0.25, 0.3) is 0 Å². The van der Waals surface area contributed by atoms with E-state index in [4.69, 9.17) is 10.2 Å². The molecule has 28 heavy (non-hydrogen) atoms. The Morgan fingerprint density at radius 2 is 0.857 bits per heavy atom. The van der Waals surface area contributed by atoms with Crippen LogP contribution in [0.1, 0.15) is 77.0 Å². The molecule has 0 atom stereocenters. The Balaban J connectivity index is 3.58. The van der Waals surface area contributed by atoms with Gasteiger partial charge in [0.2, 0.25) is 11.8 Å². The fraction of sp³-hybridized carbons (Fsp3) is 0.800. The number of unbranched alkanes of at least 4 members (excludes halogenated alkanes) is 5. The number of amides is 2. The Morgan fingerprint density at radius 1 is 0.536 bits per heavy atom. The van der Waals surface area contributed by atoms with Gasteiger partial charge in [-0.15, -0.1) is 0 Å². The van der Waals surface area contributed by atoms with Gasteiger partial charge < -0.3 is 20.0 Å². The number of hydrogen-bond acceptors (Lipinski definition) is 4. The summed E-state index contributed by atoms with van der Waals surface area (Å²) < 4.78 is 0. The molecule has 0 bridgehead atoms. The number of carboxylic acid groups (broad SMARTS) is 2. The molecule has 0 aromatic heterocycles. The third-order valence-electron chi connectivity index (χ3n) is 4.65. The molecular formula is C20H36N2O6. The summed E-state index contributed by atoms with van der Waals surface area (Å²) in [6, 6.07) is 0. The molecular weight excluding hydrogens is 364 g/mol. The van der Waals surface area contributed by atoms with Crippen LogP contribution in [0.3, 0.4) is 0 Å². The Morgan fingerprint density at radius 3 is 1.18 bits per heavy atom. The van der Waals surface area contributed by atoms with Crippen molar-refractivity contribution in [2.45, 2.75) is 77.0 Å². The summed E-state index contributed by atoms with van der Waals surface area (Å²) >= 11 is 0. The number of carbonyl (C=O) groups excluding carboxylic acids is 2. The first-order chi connectivity index (χ1) is 13.2. The quantitative estimate of drug-likeness (QED) is 0.363. The van der Waals surface area contributed by atoms with Crippen molar-refractivity contribution in [2.75, 3.05) is 27.2 Å². The van der Waals surface area contributed by atoms with Crippen LogP contribution in [0.25, 0.3) is 0 Å². The predicted molar refractivity (Wildman–Crippen MR) is 106 cm³/mol. The van der Waals surface area contributed by atoms with Crippen LogP contribution in [0.2, 0.25) is 0 Å². The molecule has 0 rings (SSSR count). The fourth-order valence-electron chi connectivity index (χ4n) is 2.82. The Labute approximate surface area is 167 Å². The first-order valence-corrected chi connectivity index (χ1v) is 10.2. The van der Waals surface area contributed by atoms with Crippen LogP contribution < -0.4 is 0 Å². The largest absolute Gasteiger partial charge is 0.481 e. The average Bonchev–Trinajstić information content (AvgIpc) is 2.62. The van der Waals surface area contributed by atoms with Crippen molar-refractivity contribution in [3.63, 3.8) is 0 Å². The lowest BCUT2D eigenvalue weighted by molar-refractivity contribution is -0.138. The molecule has 0 aliphatic rings. The Kier molecular flexibility index (Phi) is 14.7. The van der Waals surface area contributed by atoms with Gasteiger partial charge in [-0.2, -0.15) is 0 Å². The van der Waals surface area contributed by atoms with E-state index < -0.39 is 11.9 Å². The maximum atomic E-state index is 11.8. The summed E-state index contributed by atoms with van der Waals surface area (Å²) in [5.74, 6) is -1.75. The summed E-state index contributed by atoms with van der Waals surface area (Å²) in [7, 11) is 3.51. The Bertz CT molecular complexity index is 451. The lowest BCUT2D eigenvalue weighted by Crippen LogP contribution is -2.27. The highest BCUT2D eigenvalue weighted by molar-refractivity contribution is 5.77. The molecule has 8 heteroatoms. The van der Waals surface area contributed by atoms with Gasteiger partial charge >= 0.3 is 11.9 Å². The van der Waals surface area contributed by atoms with Gasteiger partial charge in [-0.3, -0.25) is 19.2 Å². The molecule has 0 saturated carbocycles. The van der Waals surface area contributed by atoms with Crippen LogP contribution in [0.15, 0.2) is 0 Å². The number of aliphatic carboxylic acids is 2. The predicted octanol–water partition coefficient (Wildman–Crippen LogP) is 2.75. The number of nitrogens with zero attached hydrogens (tertiary/aromatic N) is 2. The summed E-state index contributed by atoms with van der Waals surface area (Å²) in [5, 5.41) is 17.1. The number of hydrogen-bond donors (Lipinski definition) is 2. The van der Waals surface area contributed by atoms with Gasteiger partial charge in [0.1, 0.15) is 0 Å². The van der Waals surface area contributed by atoms with Crippen LogP contribution in [-0.2, 0) is 19.2 Å². The first-order valence-electron chi connectivity index (χ1n) is 10.2. The molecule has 2 amide bonds. The third-order valence-corrected chi connectivity index (χ3v) is 4.65. The SMILES string of the molecule is CN(CCCCCCCCN(C)C(=O)CCCC(=O)O)C(=O)CCCC(=O)O. The van der Waals surface area contributed by atoms with Crippen molar-refractivity contribution in [2.24, 2.45) is 0 Å². The van der Waals surface area contributed by atoms with Gasteiger partial charge in [0.15, 0.2) is 0 Å². The highest BCUT2D eigenvalue weighted by atomic mass is 16.4. The van der Waals surface area contributed by atoms with E-state index in [1.165, 1.54) is 0 Å². The second-order valence-corrected chi connectivity index (χ2v) is 7.25. The number of carbonyl (C=O) groups is 4. The lowest BCUT2D eigenvalue weighted by atomic mass is 10.1. The van der Waals surface area contributed by atoms with Crippen molar-refractivity contribution in [1.29, 1.82) is 0 Å². The second kappa shape index (κ2) is 15.9. The molecule has 0 aliphatic heterocycles. The topological polar surface area (TPSA) is 115 Å². The molecule has 0 saturated heterocycles. The Hall–Kier alpha value is -2.12. The second-order valence-electron chi connectivity index (χ2n) is 7.25. The zero-order valence-corrected chi connectivity index (χ0v) is 17.3. The van der Waals surface area contributed by atoms with Gasteiger partial charge in [0, 0.05) is 52.9 Å². The van der Waals surface area contributed by atoms with Crippen molar-refractivity contribution in [3.8, 4) is 0 Å². The fourth-order valence-corrected chi connectivity index (χ4v) is 2.82. The van der Waals surface area contributed by atoms with Crippen LogP contribution in [0.5, 0.6) is 0 Å². The normalized spacial score (nSPS) is 10.5. The van der Waals surface area contributed by atoms with E-state index in [2.05, 4.69) is 0 Å². The van der Waals surface area contributed by atoms with Crippen LogP contribution in [0, 0.1) is 0 Å². The van der Waals surface area contributed by atoms with E-state index >= 15 is 0 Å². The summed E-state index contributed by atoms with van der Waals surface area (Å²) in [5.41, 5.74) is 0. The highest BCUT2D eigenvalue weighted by Crippen LogP contribution is 2.08. The van der Waals surface area contributed by atoms with Gasteiger partial charge in [-0.1, -0.05) is 25.7 Å². The zero-order valence-electron chi connectivity index (χ0n) is 17.3. The molecule has 0 radical (unpaired) electrons. The molecule has 0 aliphatic carbocycles. The minimum absolute atomic E-state index is 0.00249. The molecule has 0 aromatic rings. The standard InChI is InChI=1S/C20H36N2O6/c1-21(17(23)11-9-13-19(25)26)15-7-5-3-4-6-8-16-22(2)18(24)12-10-14-20(27)28/h3-16H2,1-2H3,(H,25,26)(H,27,28). The summed E-state index contributed by atoms with van der Waals surface area (Å²) in [6.45, 7) is 1.39. The van der Waals surface area contributed by atoms with Crippen LogP contribution in [-0.4, -0.2) is 71.0 Å². The average molecular weight is 401 g/mol. The zero-order chi connectivity index (χ0) is 21.4. The monoisotopic (exact) mass is 400 g/mol. The van der Waals surface area contributed by atoms with E-state index in [-0.39, 0.29) is 37.5 Å². The van der Waals surface area contributed by atoms with Crippen molar-refractivity contribution in [3.05, 3.63) is 0 Å². The molecule has 0 unspecified atom stereocenters. The van der Waals surface area contributed by atoms with E-state index in [0.717, 1.165) is 38.5 Å².